The van der Waals surface area contributed by atoms with Crippen molar-refractivity contribution in [1.82, 2.24) is 0 Å². The van der Waals surface area contributed by atoms with Gasteiger partial charge in [-0.05, 0) is 30.3 Å². The van der Waals surface area contributed by atoms with Crippen molar-refractivity contribution >= 4 is 11.8 Å². The maximum Gasteiger partial charge on any atom is 0.0670 e. The van der Waals surface area contributed by atoms with Crippen LogP contribution in [0.5, 0.6) is 0 Å². The molecular weight excluding hydrogens is 170 g/mol. The van der Waals surface area contributed by atoms with Crippen molar-refractivity contribution in [3.8, 4) is 0 Å². The number of nitrogens with two attached hydrogens (primary N) is 1. The summed E-state index contributed by atoms with van der Waals surface area (Å²) >= 11 is 1.91. The topological polar surface area (TPSA) is 46.2 Å². The van der Waals surface area contributed by atoms with E-state index in [9.17, 15) is 0 Å². The van der Waals surface area contributed by atoms with Crippen LogP contribution in [0, 0.1) is 5.92 Å². The van der Waals surface area contributed by atoms with Crippen molar-refractivity contribution in [3.63, 3.8) is 0 Å². The lowest BCUT2D eigenvalue weighted by molar-refractivity contribution is 0.180. The van der Waals surface area contributed by atoms with E-state index in [0.717, 1.165) is 18.1 Å². The van der Waals surface area contributed by atoms with Crippen LogP contribution in [0.3, 0.4) is 0 Å². The average molecular weight is 191 g/mol. The van der Waals surface area contributed by atoms with Crippen molar-refractivity contribution in [2.45, 2.75) is 32.8 Å². The highest BCUT2D eigenvalue weighted by Crippen LogP contribution is 2.10. The van der Waals surface area contributed by atoms with Crippen molar-refractivity contribution in [3.05, 3.63) is 0 Å². The molecule has 0 saturated heterocycles. The second-order valence-corrected chi connectivity index (χ2v) is 4.70. The first kappa shape index (κ1) is 12.3. The summed E-state index contributed by atoms with van der Waals surface area (Å²) in [4.78, 5) is 0. The van der Waals surface area contributed by atoms with Crippen LogP contribution in [0.4, 0.5) is 0 Å². The predicted molar refractivity (Wildman–Crippen MR) is 56.5 cm³/mol. The van der Waals surface area contributed by atoms with E-state index in [1.165, 1.54) is 12.2 Å². The summed E-state index contributed by atoms with van der Waals surface area (Å²) in [5.74, 6) is 3.02. The van der Waals surface area contributed by atoms with Crippen LogP contribution in [-0.2, 0) is 0 Å². The maximum atomic E-state index is 9.13. The fourth-order valence-electron chi connectivity index (χ4n) is 0.758. The number of aliphatic hydroxyl groups excluding tert-OH is 1. The third kappa shape index (κ3) is 8.37. The molecule has 0 bridgehead atoms. The highest BCUT2D eigenvalue weighted by Gasteiger charge is 2.00. The summed E-state index contributed by atoms with van der Waals surface area (Å²) in [7, 11) is 0. The number of rotatable bonds is 7. The molecule has 1 atom stereocenters. The van der Waals surface area contributed by atoms with E-state index in [-0.39, 0.29) is 6.10 Å². The van der Waals surface area contributed by atoms with E-state index in [4.69, 9.17) is 10.8 Å². The molecule has 0 aromatic rings. The largest absolute Gasteiger partial charge is 0.392 e. The minimum atomic E-state index is -0.295. The van der Waals surface area contributed by atoms with Crippen LogP contribution in [-0.4, -0.2) is 29.3 Å². The van der Waals surface area contributed by atoms with Gasteiger partial charge in [0, 0.05) is 6.54 Å². The fraction of sp³-hybridized carbons (Fsp3) is 1.00. The Morgan fingerprint density at radius 2 is 1.83 bits per heavy atom. The van der Waals surface area contributed by atoms with Crippen molar-refractivity contribution in [2.24, 2.45) is 11.7 Å². The van der Waals surface area contributed by atoms with Gasteiger partial charge in [0.2, 0.25) is 0 Å². The molecule has 0 aromatic carbocycles. The lowest BCUT2D eigenvalue weighted by Gasteiger charge is -2.07. The van der Waals surface area contributed by atoms with E-state index < -0.39 is 0 Å². The molecule has 0 heterocycles. The SMILES string of the molecule is CC(C)CCSCCC(O)CN. The zero-order chi connectivity index (χ0) is 9.40. The highest BCUT2D eigenvalue weighted by atomic mass is 32.2. The first-order valence-corrected chi connectivity index (χ1v) is 5.78. The fourth-order valence-corrected chi connectivity index (χ4v) is 2.04. The Morgan fingerprint density at radius 3 is 2.33 bits per heavy atom. The minimum absolute atomic E-state index is 0.295. The number of aliphatic hydroxyl groups is 1. The second kappa shape index (κ2) is 7.90. The smallest absolute Gasteiger partial charge is 0.0670 e. The number of hydrogen-bond acceptors (Lipinski definition) is 3. The molecule has 0 aromatic heterocycles. The van der Waals surface area contributed by atoms with Crippen LogP contribution >= 0.6 is 11.8 Å². The molecule has 0 fully saturated rings. The Labute approximate surface area is 79.9 Å². The van der Waals surface area contributed by atoms with Gasteiger partial charge in [0.05, 0.1) is 6.10 Å². The molecule has 0 aliphatic rings. The molecule has 74 valence electrons. The summed E-state index contributed by atoms with van der Waals surface area (Å²) in [6, 6.07) is 0. The summed E-state index contributed by atoms with van der Waals surface area (Å²) in [6.07, 6.45) is 1.80. The standard InChI is InChI=1S/C9H21NOS/c1-8(2)3-5-12-6-4-9(11)7-10/h8-9,11H,3-7,10H2,1-2H3. The van der Waals surface area contributed by atoms with E-state index in [1.54, 1.807) is 0 Å². The van der Waals surface area contributed by atoms with Gasteiger partial charge in [0.25, 0.3) is 0 Å². The molecule has 2 nitrogen and oxygen atoms in total. The summed E-state index contributed by atoms with van der Waals surface area (Å²) < 4.78 is 0. The number of hydrogen-bond donors (Lipinski definition) is 2. The van der Waals surface area contributed by atoms with Crippen LogP contribution < -0.4 is 5.73 Å². The maximum absolute atomic E-state index is 9.13. The molecule has 0 spiro atoms. The number of thioether (sulfide) groups is 1. The minimum Gasteiger partial charge on any atom is -0.392 e. The lowest BCUT2D eigenvalue weighted by atomic mass is 10.2. The van der Waals surface area contributed by atoms with Gasteiger partial charge in [-0.25, -0.2) is 0 Å². The van der Waals surface area contributed by atoms with E-state index >= 15 is 0 Å². The molecule has 1 unspecified atom stereocenters. The third-order valence-corrected chi connectivity index (χ3v) is 2.76. The highest BCUT2D eigenvalue weighted by molar-refractivity contribution is 7.99. The molecule has 0 aliphatic carbocycles. The molecular formula is C9H21NOS. The summed E-state index contributed by atoms with van der Waals surface area (Å²) in [5, 5.41) is 9.13. The second-order valence-electron chi connectivity index (χ2n) is 3.47. The molecule has 0 radical (unpaired) electrons. The van der Waals surface area contributed by atoms with Crippen LogP contribution in [0.15, 0.2) is 0 Å². The van der Waals surface area contributed by atoms with Crippen molar-refractivity contribution < 1.29 is 5.11 Å². The zero-order valence-corrected chi connectivity index (χ0v) is 8.94. The van der Waals surface area contributed by atoms with Crippen LogP contribution in [0.1, 0.15) is 26.7 Å². The lowest BCUT2D eigenvalue weighted by Crippen LogP contribution is -2.20. The van der Waals surface area contributed by atoms with Gasteiger partial charge in [0.15, 0.2) is 0 Å². The normalized spacial score (nSPS) is 13.8. The molecule has 0 amide bonds. The monoisotopic (exact) mass is 191 g/mol. The molecule has 3 N–H and O–H groups in total. The van der Waals surface area contributed by atoms with E-state index in [1.807, 2.05) is 11.8 Å². The van der Waals surface area contributed by atoms with Gasteiger partial charge in [-0.3, -0.25) is 0 Å². The van der Waals surface area contributed by atoms with Crippen LogP contribution in [0.25, 0.3) is 0 Å². The zero-order valence-electron chi connectivity index (χ0n) is 8.12. The van der Waals surface area contributed by atoms with Gasteiger partial charge < -0.3 is 10.8 Å². The van der Waals surface area contributed by atoms with Gasteiger partial charge in [-0.1, -0.05) is 13.8 Å². The average Bonchev–Trinajstić information content (AvgIpc) is 2.03. The van der Waals surface area contributed by atoms with Gasteiger partial charge in [0.1, 0.15) is 0 Å². The third-order valence-electron chi connectivity index (χ3n) is 1.71. The molecule has 0 aliphatic heterocycles. The van der Waals surface area contributed by atoms with Gasteiger partial charge >= 0.3 is 0 Å². The predicted octanol–water partition coefficient (Wildman–Crippen LogP) is 1.48. The Balaban J connectivity index is 3.00. The summed E-state index contributed by atoms with van der Waals surface area (Å²) in [6.45, 7) is 4.86. The van der Waals surface area contributed by atoms with E-state index in [0.29, 0.717) is 6.54 Å². The summed E-state index contributed by atoms with van der Waals surface area (Å²) in [5.41, 5.74) is 5.28. The quantitative estimate of drug-likeness (QED) is 0.599. The first-order valence-electron chi connectivity index (χ1n) is 4.62. The van der Waals surface area contributed by atoms with Crippen LogP contribution in [0.2, 0.25) is 0 Å². The van der Waals surface area contributed by atoms with Crippen molar-refractivity contribution in [2.75, 3.05) is 18.1 Å². The van der Waals surface area contributed by atoms with Gasteiger partial charge in [-0.15, -0.1) is 0 Å². The van der Waals surface area contributed by atoms with E-state index in [2.05, 4.69) is 13.8 Å². The molecule has 0 saturated carbocycles. The Morgan fingerprint density at radius 1 is 1.25 bits per heavy atom. The molecule has 3 heteroatoms. The Bertz CT molecular complexity index is 98.5. The molecule has 0 rings (SSSR count). The Kier molecular flexibility index (Phi) is 8.07. The van der Waals surface area contributed by atoms with Crippen molar-refractivity contribution in [1.29, 1.82) is 0 Å². The van der Waals surface area contributed by atoms with Gasteiger partial charge in [-0.2, -0.15) is 11.8 Å². The first-order chi connectivity index (χ1) is 5.66. The Hall–Kier alpha value is 0.270. The molecule has 12 heavy (non-hydrogen) atoms.